The van der Waals surface area contributed by atoms with Crippen LogP contribution in [0.5, 0.6) is 0 Å². The number of fused-ring (bicyclic) bond motifs is 1. The number of rotatable bonds is 3. The van der Waals surface area contributed by atoms with Crippen LogP contribution in [-0.2, 0) is 0 Å². The summed E-state index contributed by atoms with van der Waals surface area (Å²) < 4.78 is 0. The number of aliphatic hydroxyl groups excluding tert-OH is 1. The molecule has 0 atom stereocenters. The third kappa shape index (κ3) is 2.05. The van der Waals surface area contributed by atoms with E-state index >= 15 is 0 Å². The molecule has 0 aliphatic heterocycles. The van der Waals surface area contributed by atoms with Gasteiger partial charge in [-0.25, -0.2) is 0 Å². The van der Waals surface area contributed by atoms with E-state index in [2.05, 4.69) is 11.1 Å². The molecule has 4 nitrogen and oxygen atoms in total. The Bertz CT molecular complexity index is 574. The number of nitrogens with zero attached hydrogens (tertiary/aromatic N) is 3. The maximum atomic E-state index is 9.12. The van der Waals surface area contributed by atoms with Crippen molar-refractivity contribution in [2.75, 3.05) is 25.1 Å². The van der Waals surface area contributed by atoms with Gasteiger partial charge in [0.1, 0.15) is 6.07 Å². The van der Waals surface area contributed by atoms with E-state index in [4.69, 9.17) is 10.4 Å². The molecule has 2 rings (SSSR count). The second-order valence-electron chi connectivity index (χ2n) is 3.79. The maximum Gasteiger partial charge on any atom is 0.103 e. The SMILES string of the molecule is CN(CCO)c1c(C#N)cnc2ccccc12. The average Bonchev–Trinajstić information content (AvgIpc) is 2.37. The van der Waals surface area contributed by atoms with Gasteiger partial charge in [-0.1, -0.05) is 18.2 Å². The summed E-state index contributed by atoms with van der Waals surface area (Å²) in [6, 6.07) is 9.82. The van der Waals surface area contributed by atoms with Crippen molar-refractivity contribution in [1.82, 2.24) is 4.98 Å². The van der Waals surface area contributed by atoms with Crippen molar-refractivity contribution in [3.63, 3.8) is 0 Å². The Morgan fingerprint density at radius 2 is 2.18 bits per heavy atom. The van der Waals surface area contributed by atoms with E-state index in [1.807, 2.05) is 36.2 Å². The van der Waals surface area contributed by atoms with Gasteiger partial charge in [-0.15, -0.1) is 0 Å². The van der Waals surface area contributed by atoms with E-state index in [-0.39, 0.29) is 6.61 Å². The van der Waals surface area contributed by atoms with E-state index in [1.54, 1.807) is 6.20 Å². The Morgan fingerprint density at radius 1 is 1.41 bits per heavy atom. The van der Waals surface area contributed by atoms with Crippen molar-refractivity contribution in [3.8, 4) is 6.07 Å². The van der Waals surface area contributed by atoms with Gasteiger partial charge in [0.15, 0.2) is 0 Å². The second-order valence-corrected chi connectivity index (χ2v) is 3.79. The minimum atomic E-state index is 0.0536. The minimum Gasteiger partial charge on any atom is -0.395 e. The lowest BCUT2D eigenvalue weighted by molar-refractivity contribution is 0.304. The molecular formula is C13H13N3O. The van der Waals surface area contributed by atoms with Crippen molar-refractivity contribution in [2.24, 2.45) is 0 Å². The molecule has 17 heavy (non-hydrogen) atoms. The Kier molecular flexibility index (Phi) is 3.22. The van der Waals surface area contributed by atoms with Crippen LogP contribution in [0.25, 0.3) is 10.9 Å². The number of likely N-dealkylation sites (N-methyl/N-ethyl adjacent to an activating group) is 1. The van der Waals surface area contributed by atoms with E-state index in [0.717, 1.165) is 16.6 Å². The zero-order valence-electron chi connectivity index (χ0n) is 9.59. The molecule has 0 saturated heterocycles. The fourth-order valence-corrected chi connectivity index (χ4v) is 1.88. The lowest BCUT2D eigenvalue weighted by Crippen LogP contribution is -2.22. The number of hydrogen-bond acceptors (Lipinski definition) is 4. The number of para-hydroxylation sites is 1. The third-order valence-electron chi connectivity index (χ3n) is 2.68. The highest BCUT2D eigenvalue weighted by Gasteiger charge is 2.11. The van der Waals surface area contributed by atoms with Gasteiger partial charge in [0, 0.05) is 25.2 Å². The molecule has 1 aromatic carbocycles. The molecule has 0 radical (unpaired) electrons. The van der Waals surface area contributed by atoms with Gasteiger partial charge in [0.2, 0.25) is 0 Å². The molecule has 2 aromatic rings. The number of aromatic nitrogens is 1. The monoisotopic (exact) mass is 227 g/mol. The number of benzene rings is 1. The summed E-state index contributed by atoms with van der Waals surface area (Å²) in [7, 11) is 1.86. The van der Waals surface area contributed by atoms with Crippen LogP contribution < -0.4 is 4.90 Å². The first kappa shape index (κ1) is 11.4. The summed E-state index contributed by atoms with van der Waals surface area (Å²) in [6.07, 6.45) is 1.57. The van der Waals surface area contributed by atoms with Crippen LogP contribution in [-0.4, -0.2) is 30.3 Å². The maximum absolute atomic E-state index is 9.12. The topological polar surface area (TPSA) is 60.1 Å². The predicted octanol–water partition coefficient (Wildman–Crippen LogP) is 1.53. The molecule has 4 heteroatoms. The van der Waals surface area contributed by atoms with Crippen LogP contribution in [0, 0.1) is 11.3 Å². The number of aliphatic hydroxyl groups is 1. The summed E-state index contributed by atoms with van der Waals surface area (Å²) in [4.78, 5) is 6.12. The average molecular weight is 227 g/mol. The summed E-state index contributed by atoms with van der Waals surface area (Å²) in [5.74, 6) is 0. The summed E-state index contributed by atoms with van der Waals surface area (Å²) >= 11 is 0. The highest BCUT2D eigenvalue weighted by Crippen LogP contribution is 2.27. The molecule has 0 aliphatic carbocycles. The van der Waals surface area contributed by atoms with Gasteiger partial charge >= 0.3 is 0 Å². The Morgan fingerprint density at radius 3 is 2.88 bits per heavy atom. The Labute approximate surface area is 99.7 Å². The Hall–Kier alpha value is -2.12. The predicted molar refractivity (Wildman–Crippen MR) is 66.8 cm³/mol. The molecule has 0 aliphatic rings. The fourth-order valence-electron chi connectivity index (χ4n) is 1.88. The van der Waals surface area contributed by atoms with Gasteiger partial charge in [0.05, 0.1) is 23.4 Å². The van der Waals surface area contributed by atoms with Gasteiger partial charge < -0.3 is 10.0 Å². The largest absolute Gasteiger partial charge is 0.395 e. The highest BCUT2D eigenvalue weighted by atomic mass is 16.3. The molecule has 86 valence electrons. The minimum absolute atomic E-state index is 0.0536. The lowest BCUT2D eigenvalue weighted by Gasteiger charge is -2.20. The highest BCUT2D eigenvalue weighted by molar-refractivity contribution is 5.94. The normalized spacial score (nSPS) is 10.2. The quantitative estimate of drug-likeness (QED) is 0.864. The molecule has 0 saturated carbocycles. The first-order valence-electron chi connectivity index (χ1n) is 5.37. The van der Waals surface area contributed by atoms with Gasteiger partial charge in [-0.05, 0) is 6.07 Å². The summed E-state index contributed by atoms with van der Waals surface area (Å²) in [5.41, 5.74) is 2.21. The smallest absolute Gasteiger partial charge is 0.103 e. The van der Waals surface area contributed by atoms with E-state index in [1.165, 1.54) is 0 Å². The van der Waals surface area contributed by atoms with Crippen molar-refractivity contribution < 1.29 is 5.11 Å². The first-order chi connectivity index (χ1) is 8.27. The first-order valence-corrected chi connectivity index (χ1v) is 5.37. The summed E-state index contributed by atoms with van der Waals surface area (Å²) in [6.45, 7) is 0.542. The van der Waals surface area contributed by atoms with Crippen LogP contribution in [0.15, 0.2) is 30.5 Å². The van der Waals surface area contributed by atoms with Crippen molar-refractivity contribution in [3.05, 3.63) is 36.0 Å². The van der Waals surface area contributed by atoms with E-state index in [9.17, 15) is 0 Å². The molecule has 0 fully saturated rings. The van der Waals surface area contributed by atoms with E-state index in [0.29, 0.717) is 12.1 Å². The number of anilines is 1. The molecule has 0 unspecified atom stereocenters. The molecule has 0 spiro atoms. The van der Waals surface area contributed by atoms with Crippen molar-refractivity contribution >= 4 is 16.6 Å². The molecule has 1 N–H and O–H groups in total. The molecule has 1 aromatic heterocycles. The van der Waals surface area contributed by atoms with Gasteiger partial charge in [0.25, 0.3) is 0 Å². The van der Waals surface area contributed by atoms with Crippen LogP contribution in [0.4, 0.5) is 5.69 Å². The third-order valence-corrected chi connectivity index (χ3v) is 2.68. The zero-order chi connectivity index (χ0) is 12.3. The van der Waals surface area contributed by atoms with Gasteiger partial charge in [-0.2, -0.15) is 5.26 Å². The van der Waals surface area contributed by atoms with Crippen LogP contribution in [0.2, 0.25) is 0 Å². The van der Waals surface area contributed by atoms with Gasteiger partial charge in [-0.3, -0.25) is 4.98 Å². The van der Waals surface area contributed by atoms with Crippen LogP contribution >= 0.6 is 0 Å². The summed E-state index contributed by atoms with van der Waals surface area (Å²) in [5, 5.41) is 19.0. The van der Waals surface area contributed by atoms with Crippen LogP contribution in [0.1, 0.15) is 5.56 Å². The van der Waals surface area contributed by atoms with Crippen molar-refractivity contribution in [1.29, 1.82) is 5.26 Å². The molecule has 1 heterocycles. The standard InChI is InChI=1S/C13H13N3O/c1-16(6-7-17)13-10(8-14)9-15-12-5-3-2-4-11(12)13/h2-5,9,17H,6-7H2,1H3. The van der Waals surface area contributed by atoms with Crippen molar-refractivity contribution in [2.45, 2.75) is 0 Å². The number of pyridine rings is 1. The Balaban J connectivity index is 2.68. The lowest BCUT2D eigenvalue weighted by atomic mass is 10.1. The fraction of sp³-hybridized carbons (Fsp3) is 0.231. The second kappa shape index (κ2) is 4.81. The molecule has 0 bridgehead atoms. The van der Waals surface area contributed by atoms with E-state index < -0.39 is 0 Å². The zero-order valence-corrected chi connectivity index (χ0v) is 9.59. The number of nitriles is 1. The van der Waals surface area contributed by atoms with Crippen LogP contribution in [0.3, 0.4) is 0 Å². The molecule has 0 amide bonds. The molecular weight excluding hydrogens is 214 g/mol. The number of hydrogen-bond donors (Lipinski definition) is 1.